The summed E-state index contributed by atoms with van der Waals surface area (Å²) in [4.78, 5) is 72.5. The highest BCUT2D eigenvalue weighted by Crippen LogP contribution is 2.32. The van der Waals surface area contributed by atoms with Gasteiger partial charge in [0, 0.05) is 51.4 Å². The van der Waals surface area contributed by atoms with Gasteiger partial charge in [-0.1, -0.05) is 26.0 Å². The minimum absolute atomic E-state index is 0.0561. The maximum atomic E-state index is 13.7. The van der Waals surface area contributed by atoms with Gasteiger partial charge in [-0.3, -0.25) is 44.7 Å². The van der Waals surface area contributed by atoms with Crippen LogP contribution in [0, 0.1) is 6.92 Å². The van der Waals surface area contributed by atoms with Crippen LogP contribution in [0.25, 0.3) is 22.2 Å². The molecule has 5 aromatic rings. The lowest BCUT2D eigenvalue weighted by molar-refractivity contribution is -0.116. The van der Waals surface area contributed by atoms with Crippen LogP contribution in [0.15, 0.2) is 52.4 Å². The zero-order chi connectivity index (χ0) is 43.2. The molecule has 7 rings (SSSR count). The number of carbonyl (C=O) groups is 4. The van der Waals surface area contributed by atoms with Gasteiger partial charge in [0.15, 0.2) is 17.8 Å². The van der Waals surface area contributed by atoms with Crippen LogP contribution in [0.4, 0.5) is 11.9 Å². The molecule has 322 valence electrons. The number of nitrogens with two attached hydrogens (primary N) is 2. The Morgan fingerprint density at radius 3 is 2.36 bits per heavy atom. The lowest BCUT2D eigenvalue weighted by Crippen LogP contribution is -2.37. The molecule has 0 radical (unpaired) electrons. The van der Waals surface area contributed by atoms with Crippen LogP contribution in [-0.4, -0.2) is 103 Å². The van der Waals surface area contributed by atoms with E-state index in [1.807, 2.05) is 26.0 Å². The molecule has 4 amide bonds. The third-order valence-corrected chi connectivity index (χ3v) is 10.1. The van der Waals surface area contributed by atoms with E-state index in [2.05, 4.69) is 41.2 Å². The van der Waals surface area contributed by atoms with E-state index in [0.29, 0.717) is 84.3 Å². The monoisotopic (exact) mass is 839 g/mol. The van der Waals surface area contributed by atoms with E-state index in [-0.39, 0.29) is 47.6 Å². The number of hydrazine groups is 1. The molecule has 61 heavy (non-hydrogen) atoms. The predicted octanol–water partition coefficient (Wildman–Crippen LogP) is 2.48. The van der Waals surface area contributed by atoms with Gasteiger partial charge in [0.25, 0.3) is 17.7 Å². The van der Waals surface area contributed by atoms with Gasteiger partial charge < -0.3 is 34.2 Å². The van der Waals surface area contributed by atoms with Crippen LogP contribution >= 0.6 is 0 Å². The smallest absolute Gasteiger partial charge is 0.295 e. The minimum atomic E-state index is -0.665. The first kappa shape index (κ1) is 42.3. The molecular weight excluding hydrogens is 791 g/mol. The third kappa shape index (κ3) is 9.32. The molecule has 2 aliphatic heterocycles. The van der Waals surface area contributed by atoms with Crippen molar-refractivity contribution in [3.05, 3.63) is 76.5 Å². The first-order chi connectivity index (χ1) is 29.5. The molecule has 1 saturated heterocycles. The maximum Gasteiger partial charge on any atom is 0.295 e. The lowest BCUT2D eigenvalue weighted by Gasteiger charge is -2.26. The van der Waals surface area contributed by atoms with Crippen molar-refractivity contribution in [2.24, 2.45) is 11.6 Å². The van der Waals surface area contributed by atoms with Crippen molar-refractivity contribution >= 4 is 57.7 Å². The quantitative estimate of drug-likeness (QED) is 0.0258. The number of imidazole rings is 2. The van der Waals surface area contributed by atoms with E-state index in [0.717, 1.165) is 19.6 Å². The number of allylic oxidation sites excluding steroid dienone is 3. The van der Waals surface area contributed by atoms with Crippen molar-refractivity contribution in [1.82, 2.24) is 44.7 Å². The highest BCUT2D eigenvalue weighted by molar-refractivity contribution is 6.05. The zero-order valence-electron chi connectivity index (χ0n) is 34.4. The molecule has 0 spiro atoms. The summed E-state index contributed by atoms with van der Waals surface area (Å²) in [7, 11) is 0. The number of oxazole rings is 1. The number of carbonyl (C=O) groups excluding carboxylic acids is 4. The Morgan fingerprint density at radius 1 is 0.934 bits per heavy atom. The molecule has 0 aliphatic carbocycles. The fraction of sp³-hybridized carbons (Fsp3) is 0.400. The largest absolute Gasteiger partial charge is 0.491 e. The molecule has 0 bridgehead atoms. The van der Waals surface area contributed by atoms with Crippen molar-refractivity contribution in [2.45, 2.75) is 66.3 Å². The number of nitrogens with one attached hydrogen (secondary N) is 4. The summed E-state index contributed by atoms with van der Waals surface area (Å²) in [5.74, 6) is 4.26. The second-order valence-corrected chi connectivity index (χ2v) is 14.3. The fourth-order valence-corrected chi connectivity index (χ4v) is 7.14. The van der Waals surface area contributed by atoms with Gasteiger partial charge in [-0.05, 0) is 44.4 Å². The van der Waals surface area contributed by atoms with Crippen LogP contribution < -0.4 is 37.7 Å². The van der Waals surface area contributed by atoms with Crippen molar-refractivity contribution in [2.75, 3.05) is 50.1 Å². The van der Waals surface area contributed by atoms with Crippen molar-refractivity contribution in [3.8, 4) is 5.75 Å². The van der Waals surface area contributed by atoms with E-state index in [4.69, 9.17) is 35.2 Å². The van der Waals surface area contributed by atoms with Gasteiger partial charge in [-0.2, -0.15) is 0 Å². The molecule has 1 aromatic carbocycles. The first-order valence-corrected chi connectivity index (χ1v) is 20.0. The number of primary amides is 1. The Balaban J connectivity index is 1.22. The standard InChI is InChI=1S/C40H49N13O8/c1-5-26-32(60-22(3)44-26)37(56)48-39-46-28-18-24(34(41)54)20-30(59-15-9-10-51-13-16-58-17-14-51)31(28)52(39)11-7-8-12-53-35-29(19-25(21-43-35)36(55)50-42)47-40(53)49-38(57)33-27(6-2)45-23(4)61-33/h7-8,18-22,44H,5-6,9-17,42H2,1-4H3,(H2,41,54)(H,50,55)(H,46,48,56)(H,47,49,57)/b8-7+. The SMILES string of the molecule is CCC1=C(C(=O)Nc2nc3cc(C(N)=O)cc(OCCCN4CCOCC4)c3n2C/C=C/Cn2c(NC(=O)c3oc(C)nc3CC)nc3cc(C(=O)NN)cnc32)OC(C)N1. The number of pyridine rings is 1. The third-order valence-electron chi connectivity index (χ3n) is 10.1. The van der Waals surface area contributed by atoms with Crippen LogP contribution in [-0.2, 0) is 33.8 Å². The summed E-state index contributed by atoms with van der Waals surface area (Å²) < 4.78 is 26.7. The summed E-state index contributed by atoms with van der Waals surface area (Å²) >= 11 is 0. The number of hydrogen-bond donors (Lipinski definition) is 6. The molecule has 6 heterocycles. The van der Waals surface area contributed by atoms with Crippen molar-refractivity contribution in [3.63, 3.8) is 0 Å². The summed E-state index contributed by atoms with van der Waals surface area (Å²) in [5, 5.41) is 8.88. The number of morpholine rings is 1. The van der Waals surface area contributed by atoms with Gasteiger partial charge in [0.1, 0.15) is 16.8 Å². The highest BCUT2D eigenvalue weighted by Gasteiger charge is 2.28. The van der Waals surface area contributed by atoms with Gasteiger partial charge in [0.2, 0.25) is 29.3 Å². The number of benzene rings is 1. The molecule has 8 N–H and O–H groups in total. The van der Waals surface area contributed by atoms with E-state index >= 15 is 0 Å². The Hall–Kier alpha value is -6.84. The first-order valence-electron chi connectivity index (χ1n) is 20.0. The molecule has 1 fully saturated rings. The number of ether oxygens (including phenoxy) is 3. The second kappa shape index (κ2) is 18.6. The number of nitrogens with zero attached hydrogens (tertiary/aromatic N) is 7. The van der Waals surface area contributed by atoms with E-state index < -0.39 is 29.9 Å². The number of nitrogen functional groups attached to an aromatic ring is 1. The minimum Gasteiger partial charge on any atom is -0.491 e. The predicted molar refractivity (Wildman–Crippen MR) is 222 cm³/mol. The van der Waals surface area contributed by atoms with E-state index in [9.17, 15) is 19.2 Å². The number of fused-ring (bicyclic) bond motifs is 2. The second-order valence-electron chi connectivity index (χ2n) is 14.3. The van der Waals surface area contributed by atoms with Crippen molar-refractivity contribution < 1.29 is 37.8 Å². The molecule has 2 aliphatic rings. The van der Waals surface area contributed by atoms with Crippen LogP contribution in [0.1, 0.15) is 76.5 Å². The molecule has 1 unspecified atom stereocenters. The number of aromatic nitrogens is 6. The normalized spacial score (nSPS) is 15.7. The van der Waals surface area contributed by atoms with Gasteiger partial charge in [-0.15, -0.1) is 0 Å². The maximum absolute atomic E-state index is 13.7. The van der Waals surface area contributed by atoms with E-state index in [1.54, 1.807) is 35.1 Å². The average Bonchev–Trinajstić information content (AvgIpc) is 4.02. The Kier molecular flexibility index (Phi) is 12.9. The van der Waals surface area contributed by atoms with E-state index in [1.165, 1.54) is 12.3 Å². The topological polar surface area (TPSA) is 274 Å². The fourth-order valence-electron chi connectivity index (χ4n) is 7.14. The summed E-state index contributed by atoms with van der Waals surface area (Å²) in [6.45, 7) is 11.7. The van der Waals surface area contributed by atoms with Gasteiger partial charge in [-0.25, -0.2) is 25.8 Å². The average molecular weight is 840 g/mol. The number of anilines is 2. The number of rotatable bonds is 17. The summed E-state index contributed by atoms with van der Waals surface area (Å²) in [6, 6.07) is 4.64. The molecule has 21 nitrogen and oxygen atoms in total. The van der Waals surface area contributed by atoms with Crippen LogP contribution in [0.3, 0.4) is 0 Å². The molecule has 21 heteroatoms. The van der Waals surface area contributed by atoms with Crippen LogP contribution in [0.5, 0.6) is 5.75 Å². The number of hydrogen-bond acceptors (Lipinski definition) is 15. The molecular formula is C40H49N13O8. The Morgan fingerprint density at radius 2 is 1.64 bits per heavy atom. The Labute approximate surface area is 349 Å². The lowest BCUT2D eigenvalue weighted by atomic mass is 10.1. The summed E-state index contributed by atoms with van der Waals surface area (Å²) in [5.41, 5.74) is 10.9. The molecule has 0 saturated carbocycles. The summed E-state index contributed by atoms with van der Waals surface area (Å²) in [6.07, 6.45) is 6.31. The molecule has 4 aromatic heterocycles. The van der Waals surface area contributed by atoms with Crippen LogP contribution in [0.2, 0.25) is 0 Å². The highest BCUT2D eigenvalue weighted by atomic mass is 16.5. The van der Waals surface area contributed by atoms with Gasteiger partial charge >= 0.3 is 0 Å². The number of amides is 4. The zero-order valence-corrected chi connectivity index (χ0v) is 34.4. The Bertz CT molecular complexity index is 2530. The van der Waals surface area contributed by atoms with Crippen molar-refractivity contribution in [1.29, 1.82) is 0 Å². The van der Waals surface area contributed by atoms with Gasteiger partial charge in [0.05, 0.1) is 42.3 Å². The number of aryl methyl sites for hydroxylation is 2. The molecule has 1 atom stereocenters.